The predicted molar refractivity (Wildman–Crippen MR) is 447 cm³/mol. The average Bonchev–Trinajstić information content (AvgIpc) is 1.54. The lowest BCUT2D eigenvalue weighted by molar-refractivity contribution is 0.748. The van der Waals surface area contributed by atoms with E-state index in [1.807, 2.05) is 22.7 Å². The first-order valence-corrected chi connectivity index (χ1v) is 37.9. The Morgan fingerprint density at radius 2 is 0.566 bits per heavy atom. The molecule has 496 valence electrons. The third-order valence-electron chi connectivity index (χ3n) is 22.3. The molecule has 2 aliphatic rings. The molecule has 5 aromatic heterocycles. The number of rotatable bonds is 12. The Bertz CT molecular complexity index is 6550. The molecule has 1 aliphatic heterocycles. The van der Waals surface area contributed by atoms with E-state index in [1.165, 1.54) is 135 Å². The molecule has 1 aliphatic carbocycles. The van der Waals surface area contributed by atoms with E-state index in [0.717, 1.165) is 56.5 Å². The number of nitrogens with zero attached hydrogens (tertiary/aromatic N) is 5. The van der Waals surface area contributed by atoms with Crippen molar-refractivity contribution < 1.29 is 0 Å². The van der Waals surface area contributed by atoms with Crippen LogP contribution >= 0.6 is 22.7 Å². The van der Waals surface area contributed by atoms with E-state index < -0.39 is 5.41 Å². The van der Waals surface area contributed by atoms with Gasteiger partial charge in [0.05, 0.1) is 44.2 Å². The minimum atomic E-state index is -0.789. The molecule has 1 spiro atoms. The summed E-state index contributed by atoms with van der Waals surface area (Å²) in [6.45, 7) is 0. The zero-order chi connectivity index (χ0) is 69.6. The minimum absolute atomic E-state index is 0.789. The van der Waals surface area contributed by atoms with Gasteiger partial charge in [-0.05, 0) is 213 Å². The van der Waals surface area contributed by atoms with Crippen molar-refractivity contribution in [2.24, 2.45) is 0 Å². The van der Waals surface area contributed by atoms with Crippen molar-refractivity contribution in [3.05, 3.63) is 404 Å². The fourth-order valence-corrected chi connectivity index (χ4v) is 19.8. The summed E-state index contributed by atoms with van der Waals surface area (Å²) in [5.41, 5.74) is 28.5. The van der Waals surface area contributed by atoms with E-state index in [0.29, 0.717) is 0 Å². The minimum Gasteiger partial charge on any atom is -0.310 e. The fourth-order valence-electron chi connectivity index (χ4n) is 17.7. The van der Waals surface area contributed by atoms with Crippen molar-refractivity contribution in [3.63, 3.8) is 0 Å². The van der Waals surface area contributed by atoms with Gasteiger partial charge in [-0.15, -0.1) is 22.7 Å². The number of benzene rings is 15. The number of hydrogen-bond acceptors (Lipinski definition) is 4. The highest BCUT2D eigenvalue weighted by Crippen LogP contribution is 2.63. The number of anilines is 6. The molecule has 106 heavy (non-hydrogen) atoms. The molecule has 7 heteroatoms. The number of hydrogen-bond donors (Lipinski definition) is 0. The largest absolute Gasteiger partial charge is 0.310 e. The van der Waals surface area contributed by atoms with E-state index >= 15 is 0 Å². The van der Waals surface area contributed by atoms with Gasteiger partial charge in [0, 0.05) is 97.3 Å². The summed E-state index contributed by atoms with van der Waals surface area (Å²) in [6.07, 6.45) is 0. The summed E-state index contributed by atoms with van der Waals surface area (Å²) in [7, 11) is 0. The van der Waals surface area contributed by atoms with Gasteiger partial charge in [0.1, 0.15) is 0 Å². The molecule has 0 bridgehead atoms. The standard InChI is InChI=1S/C99H63N5S2/c1-5-22-64(23-6-1)94-56-58-96(105-94)66-40-44-70(45-41-66)102-88-36-17-14-31-79(88)82-60-72(50-54-91(82)102)100(68-26-9-3-10-27-68)74-48-52-76-77-53-49-75(63-87(77)99(86(76)62-74)84-34-16-20-39-93(84)104-90-38-19-13-30-78(90)81-33-21-35-85(99)98(81)104)101(69-28-11-4-12-29-69)73-51-55-92-83(61-73)80-32-15-18-37-89(80)103(92)71-46-42-67(43-47-71)97-59-57-95(106-97)65-24-7-2-8-25-65/h1-63H. The Balaban J connectivity index is 0.706. The Morgan fingerprint density at radius 3 is 1.04 bits per heavy atom. The van der Waals surface area contributed by atoms with Gasteiger partial charge in [-0.1, -0.05) is 224 Å². The van der Waals surface area contributed by atoms with Crippen LogP contribution < -0.4 is 9.80 Å². The molecule has 0 saturated carbocycles. The van der Waals surface area contributed by atoms with Crippen molar-refractivity contribution in [1.82, 2.24) is 13.7 Å². The quantitative estimate of drug-likeness (QED) is 0.122. The summed E-state index contributed by atoms with van der Waals surface area (Å²) in [6, 6.07) is 142. The van der Waals surface area contributed by atoms with Crippen molar-refractivity contribution in [1.29, 1.82) is 0 Å². The van der Waals surface area contributed by atoms with E-state index in [4.69, 9.17) is 0 Å². The monoisotopic (exact) mass is 1390 g/mol. The molecule has 22 rings (SSSR count). The summed E-state index contributed by atoms with van der Waals surface area (Å²) in [5.74, 6) is 0. The van der Waals surface area contributed by atoms with E-state index in [9.17, 15) is 0 Å². The lowest BCUT2D eigenvalue weighted by atomic mass is 9.65. The van der Waals surface area contributed by atoms with Crippen molar-refractivity contribution in [3.8, 4) is 70.0 Å². The molecular formula is C99H63N5S2. The first kappa shape index (κ1) is 60.3. The smallest absolute Gasteiger partial charge is 0.0756 e. The molecule has 20 aromatic rings. The third-order valence-corrected chi connectivity index (χ3v) is 24.6. The lowest BCUT2D eigenvalue weighted by Crippen LogP contribution is -2.33. The highest BCUT2D eigenvalue weighted by molar-refractivity contribution is 7.19. The van der Waals surface area contributed by atoms with Gasteiger partial charge in [0.2, 0.25) is 0 Å². The molecule has 5 nitrogen and oxygen atoms in total. The molecule has 0 fully saturated rings. The second kappa shape index (κ2) is 23.9. The number of thiophene rings is 2. The molecule has 0 unspecified atom stereocenters. The van der Waals surface area contributed by atoms with Crippen LogP contribution in [0.5, 0.6) is 0 Å². The van der Waals surface area contributed by atoms with Gasteiger partial charge < -0.3 is 23.5 Å². The van der Waals surface area contributed by atoms with Gasteiger partial charge in [-0.3, -0.25) is 0 Å². The number of aromatic nitrogens is 3. The van der Waals surface area contributed by atoms with E-state index in [-0.39, 0.29) is 0 Å². The molecule has 0 radical (unpaired) electrons. The van der Waals surface area contributed by atoms with Crippen molar-refractivity contribution in [2.45, 2.75) is 5.41 Å². The van der Waals surface area contributed by atoms with Crippen LogP contribution in [0.1, 0.15) is 22.3 Å². The second-order valence-corrected chi connectivity index (χ2v) is 30.1. The Morgan fingerprint density at radius 1 is 0.217 bits per heavy atom. The van der Waals surface area contributed by atoms with E-state index in [2.05, 4.69) is 406 Å². The predicted octanol–water partition coefficient (Wildman–Crippen LogP) is 27.4. The highest BCUT2D eigenvalue weighted by atomic mass is 32.1. The summed E-state index contributed by atoms with van der Waals surface area (Å²) < 4.78 is 7.42. The second-order valence-electron chi connectivity index (χ2n) is 27.9. The normalized spacial score (nSPS) is 12.6. The van der Waals surface area contributed by atoms with Crippen LogP contribution in [0.3, 0.4) is 0 Å². The molecule has 6 heterocycles. The maximum absolute atomic E-state index is 2.55. The summed E-state index contributed by atoms with van der Waals surface area (Å²) >= 11 is 3.67. The average molecular weight is 1390 g/mol. The van der Waals surface area contributed by atoms with Gasteiger partial charge in [-0.2, -0.15) is 0 Å². The van der Waals surface area contributed by atoms with Gasteiger partial charge in [-0.25, -0.2) is 0 Å². The molecular weight excluding hydrogens is 1320 g/mol. The van der Waals surface area contributed by atoms with Crippen LogP contribution in [0.25, 0.3) is 135 Å². The first-order chi connectivity index (χ1) is 52.6. The molecule has 0 atom stereocenters. The summed E-state index contributed by atoms with van der Waals surface area (Å²) in [4.78, 5) is 10.0. The molecule has 0 saturated heterocycles. The molecule has 15 aromatic carbocycles. The van der Waals surface area contributed by atoms with Crippen LogP contribution in [0.2, 0.25) is 0 Å². The SMILES string of the molecule is c1ccc(-c2ccc(-c3ccc(-n4c5ccccc5c5cc(N(c6ccccc6)c6ccc7c(c6)C6(c8cc(N(c9ccccc9)c9ccc%10c(c9)c9ccccc9n%10-c9ccc(-c%10ccc(-c%11ccccc%11)s%10)cc9)ccc8-7)c7ccccc7-n7c8ccccc8c8cccc6c87)ccc54)cc3)s2)cc1. The Kier molecular flexibility index (Phi) is 13.6. The third kappa shape index (κ3) is 9.13. The van der Waals surface area contributed by atoms with E-state index in [1.54, 1.807) is 0 Å². The summed E-state index contributed by atoms with van der Waals surface area (Å²) in [5, 5.41) is 7.27. The lowest BCUT2D eigenvalue weighted by Gasteiger charge is -2.40. The number of fused-ring (bicyclic) bond motifs is 18. The Hall–Kier alpha value is -13.3. The van der Waals surface area contributed by atoms with Gasteiger partial charge >= 0.3 is 0 Å². The first-order valence-electron chi connectivity index (χ1n) is 36.3. The fraction of sp³-hybridized carbons (Fsp3) is 0.0101. The maximum atomic E-state index is 2.55. The van der Waals surface area contributed by atoms with Gasteiger partial charge in [0.25, 0.3) is 0 Å². The maximum Gasteiger partial charge on any atom is 0.0756 e. The van der Waals surface area contributed by atoms with Crippen molar-refractivity contribution >= 4 is 122 Å². The van der Waals surface area contributed by atoms with Crippen LogP contribution in [0.15, 0.2) is 382 Å². The molecule has 0 N–H and O–H groups in total. The van der Waals surface area contributed by atoms with Crippen LogP contribution in [-0.4, -0.2) is 13.7 Å². The topological polar surface area (TPSA) is 21.3 Å². The van der Waals surface area contributed by atoms with Crippen LogP contribution in [0, 0.1) is 0 Å². The van der Waals surface area contributed by atoms with Crippen LogP contribution in [0.4, 0.5) is 34.1 Å². The highest BCUT2D eigenvalue weighted by Gasteiger charge is 2.51. The zero-order valence-electron chi connectivity index (χ0n) is 57.4. The van der Waals surface area contributed by atoms with Crippen LogP contribution in [-0.2, 0) is 5.41 Å². The van der Waals surface area contributed by atoms with Gasteiger partial charge in [0.15, 0.2) is 0 Å². The van der Waals surface area contributed by atoms with Crippen molar-refractivity contribution in [2.75, 3.05) is 9.80 Å². The molecule has 0 amide bonds. The number of para-hydroxylation sites is 7. The zero-order valence-corrected chi connectivity index (χ0v) is 59.1. The Labute approximate surface area is 621 Å².